The van der Waals surface area contributed by atoms with Gasteiger partial charge in [-0.1, -0.05) is 27.5 Å². The Balaban J connectivity index is 2.46. The zero-order valence-corrected chi connectivity index (χ0v) is 13.3. The Morgan fingerprint density at radius 2 is 2.16 bits per heavy atom. The molecule has 0 saturated heterocycles. The standard InChI is InChI=1S/C12H6BrClN2OS2/c13-6-1-2-8(14)9(5-6)16-11(17)7-3-4-19-10(7)15-12(16)18/h1-5H,(H,15,18). The van der Waals surface area contributed by atoms with Gasteiger partial charge in [0.05, 0.1) is 16.1 Å². The van der Waals surface area contributed by atoms with Crippen molar-refractivity contribution in [1.29, 1.82) is 0 Å². The second-order valence-electron chi connectivity index (χ2n) is 3.83. The first-order valence-electron chi connectivity index (χ1n) is 5.26. The number of thiophene rings is 1. The van der Waals surface area contributed by atoms with Gasteiger partial charge in [-0.25, -0.2) is 0 Å². The lowest BCUT2D eigenvalue weighted by Crippen LogP contribution is -2.20. The van der Waals surface area contributed by atoms with E-state index in [1.165, 1.54) is 15.9 Å². The minimum Gasteiger partial charge on any atom is -0.323 e. The average Bonchev–Trinajstić information content (AvgIpc) is 2.82. The Kier molecular flexibility index (Phi) is 3.34. The number of benzene rings is 1. The molecule has 1 N–H and O–H groups in total. The highest BCUT2D eigenvalue weighted by Crippen LogP contribution is 2.25. The molecule has 1 aromatic carbocycles. The fraction of sp³-hybridized carbons (Fsp3) is 0. The van der Waals surface area contributed by atoms with Crippen molar-refractivity contribution in [3.05, 3.63) is 54.3 Å². The Morgan fingerprint density at radius 1 is 1.37 bits per heavy atom. The van der Waals surface area contributed by atoms with E-state index in [4.69, 9.17) is 23.8 Å². The molecular weight excluding hydrogens is 368 g/mol. The summed E-state index contributed by atoms with van der Waals surface area (Å²) in [6.07, 6.45) is 0. The molecule has 7 heteroatoms. The number of H-pyrrole nitrogens is 1. The number of hydrogen-bond acceptors (Lipinski definition) is 3. The molecule has 0 saturated carbocycles. The molecule has 2 aromatic heterocycles. The van der Waals surface area contributed by atoms with E-state index in [-0.39, 0.29) is 5.56 Å². The van der Waals surface area contributed by atoms with Gasteiger partial charge in [-0.2, -0.15) is 0 Å². The predicted molar refractivity (Wildman–Crippen MR) is 85.3 cm³/mol. The van der Waals surface area contributed by atoms with E-state index in [2.05, 4.69) is 20.9 Å². The average molecular weight is 374 g/mol. The van der Waals surface area contributed by atoms with Gasteiger partial charge in [-0.3, -0.25) is 9.36 Å². The lowest BCUT2D eigenvalue weighted by molar-refractivity contribution is 0.942. The molecule has 0 radical (unpaired) electrons. The van der Waals surface area contributed by atoms with Crippen molar-refractivity contribution >= 4 is 61.3 Å². The normalized spacial score (nSPS) is 11.1. The summed E-state index contributed by atoms with van der Waals surface area (Å²) in [5, 5.41) is 2.93. The Morgan fingerprint density at radius 3 is 2.95 bits per heavy atom. The number of fused-ring (bicyclic) bond motifs is 1. The van der Waals surface area contributed by atoms with Crippen LogP contribution in [0.4, 0.5) is 0 Å². The quantitative estimate of drug-likeness (QED) is 0.637. The molecule has 3 aromatic rings. The molecule has 96 valence electrons. The fourth-order valence-electron chi connectivity index (χ4n) is 1.82. The van der Waals surface area contributed by atoms with Crippen LogP contribution in [0.1, 0.15) is 0 Å². The first-order chi connectivity index (χ1) is 9.08. The molecule has 3 rings (SSSR count). The number of nitrogens with one attached hydrogen (secondary N) is 1. The third kappa shape index (κ3) is 2.18. The van der Waals surface area contributed by atoms with Gasteiger partial charge in [-0.05, 0) is 41.9 Å². The molecule has 0 aliphatic rings. The second-order valence-corrected chi connectivity index (χ2v) is 6.46. The molecule has 0 unspecified atom stereocenters. The van der Waals surface area contributed by atoms with E-state index in [0.717, 1.165) is 9.30 Å². The first-order valence-corrected chi connectivity index (χ1v) is 7.72. The maximum absolute atomic E-state index is 12.5. The number of halogens is 2. The van der Waals surface area contributed by atoms with Gasteiger partial charge in [0.1, 0.15) is 4.83 Å². The van der Waals surface area contributed by atoms with Crippen LogP contribution >= 0.6 is 51.1 Å². The van der Waals surface area contributed by atoms with Crippen LogP contribution in [0.5, 0.6) is 0 Å². The van der Waals surface area contributed by atoms with Gasteiger partial charge in [0, 0.05) is 4.47 Å². The third-order valence-corrected chi connectivity index (χ3v) is 4.60. The van der Waals surface area contributed by atoms with Gasteiger partial charge in [0.15, 0.2) is 4.77 Å². The van der Waals surface area contributed by atoms with E-state index in [1.807, 2.05) is 11.4 Å². The van der Waals surface area contributed by atoms with Crippen LogP contribution in [0.2, 0.25) is 5.02 Å². The number of nitrogens with zero attached hydrogens (tertiary/aromatic N) is 1. The van der Waals surface area contributed by atoms with Gasteiger partial charge in [0.25, 0.3) is 5.56 Å². The molecule has 0 spiro atoms. The van der Waals surface area contributed by atoms with Crippen molar-refractivity contribution in [3.63, 3.8) is 0 Å². The molecule has 0 fully saturated rings. The molecule has 3 nitrogen and oxygen atoms in total. The van der Waals surface area contributed by atoms with Gasteiger partial charge < -0.3 is 4.98 Å². The Hall–Kier alpha value is -0.950. The fourth-order valence-corrected chi connectivity index (χ4v) is 3.49. The van der Waals surface area contributed by atoms with Crippen LogP contribution in [0, 0.1) is 4.77 Å². The summed E-state index contributed by atoms with van der Waals surface area (Å²) in [7, 11) is 0. The number of aromatic amines is 1. The van der Waals surface area contributed by atoms with E-state index < -0.39 is 0 Å². The van der Waals surface area contributed by atoms with Crippen molar-refractivity contribution in [2.45, 2.75) is 0 Å². The zero-order chi connectivity index (χ0) is 13.6. The summed E-state index contributed by atoms with van der Waals surface area (Å²) in [6, 6.07) is 7.08. The van der Waals surface area contributed by atoms with Gasteiger partial charge in [-0.15, -0.1) is 11.3 Å². The highest BCUT2D eigenvalue weighted by atomic mass is 79.9. The van der Waals surface area contributed by atoms with Gasteiger partial charge >= 0.3 is 0 Å². The van der Waals surface area contributed by atoms with E-state index in [0.29, 0.717) is 20.9 Å². The molecule has 0 amide bonds. The second kappa shape index (κ2) is 4.86. The number of hydrogen-bond donors (Lipinski definition) is 1. The molecule has 0 bridgehead atoms. The SMILES string of the molecule is O=c1c2ccsc2[nH]c(=S)n1-c1cc(Br)ccc1Cl. The predicted octanol–water partition coefficient (Wildman–Crippen LogP) is 4.53. The number of rotatable bonds is 1. The lowest BCUT2D eigenvalue weighted by atomic mass is 10.3. The van der Waals surface area contributed by atoms with Crippen LogP contribution in [-0.2, 0) is 0 Å². The Labute approximate surface area is 130 Å². The Bertz CT molecular complexity index is 897. The summed E-state index contributed by atoms with van der Waals surface area (Å²) in [5.74, 6) is 0. The molecule has 0 atom stereocenters. The molecule has 19 heavy (non-hydrogen) atoms. The number of aromatic nitrogens is 2. The van der Waals surface area contributed by atoms with Crippen LogP contribution in [-0.4, -0.2) is 9.55 Å². The largest absolute Gasteiger partial charge is 0.323 e. The maximum Gasteiger partial charge on any atom is 0.267 e. The maximum atomic E-state index is 12.5. The van der Waals surface area contributed by atoms with Crippen molar-refractivity contribution in [1.82, 2.24) is 9.55 Å². The van der Waals surface area contributed by atoms with Crippen molar-refractivity contribution < 1.29 is 0 Å². The minimum absolute atomic E-state index is 0.167. The van der Waals surface area contributed by atoms with E-state index in [1.54, 1.807) is 18.2 Å². The summed E-state index contributed by atoms with van der Waals surface area (Å²) < 4.78 is 2.58. The van der Waals surface area contributed by atoms with E-state index in [9.17, 15) is 4.79 Å². The van der Waals surface area contributed by atoms with Crippen molar-refractivity contribution in [2.75, 3.05) is 0 Å². The summed E-state index contributed by atoms with van der Waals surface area (Å²) in [4.78, 5) is 16.3. The third-order valence-electron chi connectivity index (χ3n) is 2.67. The van der Waals surface area contributed by atoms with Crippen LogP contribution in [0.15, 0.2) is 38.9 Å². The molecule has 2 heterocycles. The minimum atomic E-state index is -0.167. The summed E-state index contributed by atoms with van der Waals surface area (Å²) in [6.45, 7) is 0. The first kappa shape index (κ1) is 13.1. The van der Waals surface area contributed by atoms with Crippen LogP contribution < -0.4 is 5.56 Å². The highest BCUT2D eigenvalue weighted by molar-refractivity contribution is 9.10. The summed E-state index contributed by atoms with van der Waals surface area (Å²) in [5.41, 5.74) is 0.399. The molecular formula is C12H6BrClN2OS2. The highest BCUT2D eigenvalue weighted by Gasteiger charge is 2.11. The van der Waals surface area contributed by atoms with Gasteiger partial charge in [0.2, 0.25) is 0 Å². The van der Waals surface area contributed by atoms with Crippen molar-refractivity contribution in [3.8, 4) is 5.69 Å². The molecule has 0 aliphatic carbocycles. The lowest BCUT2D eigenvalue weighted by Gasteiger charge is -2.08. The van der Waals surface area contributed by atoms with E-state index >= 15 is 0 Å². The molecule has 0 aliphatic heterocycles. The van der Waals surface area contributed by atoms with Crippen LogP contribution in [0.3, 0.4) is 0 Å². The van der Waals surface area contributed by atoms with Crippen LogP contribution in [0.25, 0.3) is 15.9 Å². The zero-order valence-electron chi connectivity index (χ0n) is 9.31. The smallest absolute Gasteiger partial charge is 0.267 e. The monoisotopic (exact) mass is 372 g/mol. The summed E-state index contributed by atoms with van der Waals surface area (Å²) >= 11 is 16.2. The topological polar surface area (TPSA) is 37.8 Å². The van der Waals surface area contributed by atoms with Crippen molar-refractivity contribution in [2.24, 2.45) is 0 Å².